The van der Waals surface area contributed by atoms with E-state index in [0.717, 1.165) is 42.3 Å². The molecule has 6 nitrogen and oxygen atoms in total. The van der Waals surface area contributed by atoms with Crippen LogP contribution >= 0.6 is 0 Å². The maximum Gasteiger partial charge on any atom is 0.226 e. The number of hydrogen-bond donors (Lipinski definition) is 2. The van der Waals surface area contributed by atoms with Crippen LogP contribution in [0.1, 0.15) is 36.9 Å². The number of oxazole rings is 1. The summed E-state index contributed by atoms with van der Waals surface area (Å²) in [6.45, 7) is 5.94. The van der Waals surface area contributed by atoms with Gasteiger partial charge < -0.3 is 15.1 Å². The molecule has 4 rings (SSSR count). The van der Waals surface area contributed by atoms with Crippen molar-refractivity contribution < 1.29 is 4.42 Å². The number of nitrogens with zero attached hydrogens (tertiary/aromatic N) is 3. The molecular formula is C22H31N5O. The third-order valence-electron chi connectivity index (χ3n) is 5.46. The molecule has 1 heterocycles. The van der Waals surface area contributed by atoms with Crippen LogP contribution in [0.15, 0.2) is 39.9 Å². The number of benzene rings is 1. The summed E-state index contributed by atoms with van der Waals surface area (Å²) in [5.41, 5.74) is 3.09. The normalized spacial score (nSPS) is 17.2. The van der Waals surface area contributed by atoms with Crippen molar-refractivity contribution in [2.45, 2.75) is 45.2 Å². The minimum Gasteiger partial charge on any atom is -0.444 e. The molecule has 2 aromatic rings. The summed E-state index contributed by atoms with van der Waals surface area (Å²) in [6, 6.07) is 9.03. The van der Waals surface area contributed by atoms with Gasteiger partial charge in [0.25, 0.3) is 0 Å². The van der Waals surface area contributed by atoms with E-state index in [9.17, 15) is 0 Å². The lowest BCUT2D eigenvalue weighted by atomic mass is 10.1. The number of aliphatic imine (C=N–C) groups is 1. The van der Waals surface area contributed by atoms with E-state index in [2.05, 4.69) is 44.6 Å². The Morgan fingerprint density at radius 2 is 1.96 bits per heavy atom. The Labute approximate surface area is 167 Å². The van der Waals surface area contributed by atoms with E-state index in [1.54, 1.807) is 13.3 Å². The SMILES string of the molecule is CN=C(NCCN(CC1CC1)C1CC1)NCc1coc(-c2ccc(C)cc2)n1. The molecule has 6 heteroatoms. The zero-order valence-electron chi connectivity index (χ0n) is 16.9. The Morgan fingerprint density at radius 3 is 2.64 bits per heavy atom. The topological polar surface area (TPSA) is 65.7 Å². The van der Waals surface area contributed by atoms with Crippen molar-refractivity contribution in [3.63, 3.8) is 0 Å². The summed E-state index contributed by atoms with van der Waals surface area (Å²) >= 11 is 0. The van der Waals surface area contributed by atoms with Crippen LogP contribution in [-0.2, 0) is 6.54 Å². The molecule has 0 unspecified atom stereocenters. The maximum atomic E-state index is 5.63. The van der Waals surface area contributed by atoms with Gasteiger partial charge >= 0.3 is 0 Å². The Hall–Kier alpha value is -2.34. The van der Waals surface area contributed by atoms with Crippen LogP contribution in [0.2, 0.25) is 0 Å². The summed E-state index contributed by atoms with van der Waals surface area (Å²) in [5.74, 6) is 2.41. The zero-order chi connectivity index (χ0) is 19.3. The molecular weight excluding hydrogens is 350 g/mol. The third-order valence-corrected chi connectivity index (χ3v) is 5.46. The predicted octanol–water partition coefficient (Wildman–Crippen LogP) is 3.19. The predicted molar refractivity (Wildman–Crippen MR) is 112 cm³/mol. The Balaban J connectivity index is 1.22. The monoisotopic (exact) mass is 381 g/mol. The average Bonchev–Trinajstić information content (AvgIpc) is 3.63. The number of guanidine groups is 1. The Kier molecular flexibility index (Phi) is 5.95. The second-order valence-electron chi connectivity index (χ2n) is 8.03. The molecule has 2 saturated carbocycles. The Morgan fingerprint density at radius 1 is 1.18 bits per heavy atom. The number of hydrogen-bond acceptors (Lipinski definition) is 4. The van der Waals surface area contributed by atoms with E-state index in [-0.39, 0.29) is 0 Å². The zero-order valence-corrected chi connectivity index (χ0v) is 16.9. The molecule has 28 heavy (non-hydrogen) atoms. The number of rotatable bonds is 9. The molecule has 0 aliphatic heterocycles. The summed E-state index contributed by atoms with van der Waals surface area (Å²) in [6.07, 6.45) is 7.29. The van der Waals surface area contributed by atoms with Gasteiger partial charge in [-0.1, -0.05) is 17.7 Å². The van der Waals surface area contributed by atoms with E-state index >= 15 is 0 Å². The molecule has 2 aliphatic rings. The van der Waals surface area contributed by atoms with E-state index < -0.39 is 0 Å². The van der Waals surface area contributed by atoms with Gasteiger partial charge in [0, 0.05) is 38.3 Å². The first-order valence-electron chi connectivity index (χ1n) is 10.4. The molecule has 0 saturated heterocycles. The van der Waals surface area contributed by atoms with Crippen LogP contribution in [0.25, 0.3) is 11.5 Å². The second-order valence-corrected chi connectivity index (χ2v) is 8.03. The highest BCUT2D eigenvalue weighted by atomic mass is 16.3. The molecule has 1 aromatic carbocycles. The van der Waals surface area contributed by atoms with Crippen molar-refractivity contribution in [3.8, 4) is 11.5 Å². The molecule has 150 valence electrons. The lowest BCUT2D eigenvalue weighted by Crippen LogP contribution is -2.42. The van der Waals surface area contributed by atoms with Gasteiger partial charge in [-0.2, -0.15) is 0 Å². The van der Waals surface area contributed by atoms with Gasteiger partial charge in [-0.25, -0.2) is 4.98 Å². The largest absolute Gasteiger partial charge is 0.444 e. The van der Waals surface area contributed by atoms with Gasteiger partial charge in [0.05, 0.1) is 12.2 Å². The number of aromatic nitrogens is 1. The fourth-order valence-electron chi connectivity index (χ4n) is 3.42. The van der Waals surface area contributed by atoms with Gasteiger partial charge in [0.2, 0.25) is 5.89 Å². The minimum absolute atomic E-state index is 0.587. The third kappa shape index (κ3) is 5.35. The standard InChI is InChI=1S/C22H31N5O/c1-16-3-7-18(8-4-16)21-26-19(15-28-21)13-25-22(23-2)24-11-12-27(20-9-10-20)14-17-5-6-17/h3-4,7-8,15,17,20H,5-6,9-14H2,1-2H3,(H2,23,24,25). The van der Waals surface area contributed by atoms with Crippen LogP contribution in [0.3, 0.4) is 0 Å². The minimum atomic E-state index is 0.587. The van der Waals surface area contributed by atoms with Crippen LogP contribution in [-0.4, -0.2) is 48.6 Å². The lowest BCUT2D eigenvalue weighted by Gasteiger charge is -2.22. The van der Waals surface area contributed by atoms with E-state index in [1.165, 1.54) is 37.8 Å². The van der Waals surface area contributed by atoms with Crippen molar-refractivity contribution in [1.82, 2.24) is 20.5 Å². The molecule has 0 amide bonds. The Bertz CT molecular complexity index is 790. The van der Waals surface area contributed by atoms with Crippen molar-refractivity contribution in [1.29, 1.82) is 0 Å². The molecule has 2 fully saturated rings. The van der Waals surface area contributed by atoms with Crippen molar-refractivity contribution in [2.24, 2.45) is 10.9 Å². The first kappa shape index (κ1) is 19.0. The fraction of sp³-hybridized carbons (Fsp3) is 0.545. The summed E-state index contributed by atoms with van der Waals surface area (Å²) in [7, 11) is 1.80. The van der Waals surface area contributed by atoms with Gasteiger partial charge in [-0.15, -0.1) is 0 Å². The lowest BCUT2D eigenvalue weighted by molar-refractivity contribution is 0.256. The molecule has 0 radical (unpaired) electrons. The second kappa shape index (κ2) is 8.78. The summed E-state index contributed by atoms with van der Waals surface area (Å²) in [5, 5.41) is 6.76. The maximum absolute atomic E-state index is 5.63. The smallest absolute Gasteiger partial charge is 0.226 e. The molecule has 0 bridgehead atoms. The van der Waals surface area contributed by atoms with Crippen LogP contribution in [0.4, 0.5) is 0 Å². The van der Waals surface area contributed by atoms with Crippen LogP contribution in [0, 0.1) is 12.8 Å². The molecule has 2 N–H and O–H groups in total. The summed E-state index contributed by atoms with van der Waals surface area (Å²) < 4.78 is 5.63. The molecule has 0 atom stereocenters. The fourth-order valence-corrected chi connectivity index (χ4v) is 3.42. The van der Waals surface area contributed by atoms with E-state index in [4.69, 9.17) is 4.42 Å². The van der Waals surface area contributed by atoms with E-state index in [1.807, 2.05) is 12.1 Å². The van der Waals surface area contributed by atoms with Crippen molar-refractivity contribution >= 4 is 5.96 Å². The molecule has 2 aliphatic carbocycles. The first-order chi connectivity index (χ1) is 13.7. The van der Waals surface area contributed by atoms with Crippen LogP contribution in [0.5, 0.6) is 0 Å². The number of nitrogens with one attached hydrogen (secondary N) is 2. The molecule has 0 spiro atoms. The van der Waals surface area contributed by atoms with Crippen LogP contribution < -0.4 is 10.6 Å². The highest BCUT2D eigenvalue weighted by Gasteiger charge is 2.33. The average molecular weight is 382 g/mol. The van der Waals surface area contributed by atoms with Crippen molar-refractivity contribution in [3.05, 3.63) is 41.8 Å². The molecule has 1 aromatic heterocycles. The van der Waals surface area contributed by atoms with Gasteiger partial charge in [0.1, 0.15) is 6.26 Å². The highest BCUT2D eigenvalue weighted by Crippen LogP contribution is 2.34. The quantitative estimate of drug-likeness (QED) is 0.516. The first-order valence-corrected chi connectivity index (χ1v) is 10.4. The van der Waals surface area contributed by atoms with E-state index in [0.29, 0.717) is 12.4 Å². The van der Waals surface area contributed by atoms with Gasteiger partial charge in [-0.05, 0) is 50.7 Å². The summed E-state index contributed by atoms with van der Waals surface area (Å²) in [4.78, 5) is 11.6. The van der Waals surface area contributed by atoms with Gasteiger partial charge in [0.15, 0.2) is 5.96 Å². The van der Waals surface area contributed by atoms with Crippen molar-refractivity contribution in [2.75, 3.05) is 26.7 Å². The highest BCUT2D eigenvalue weighted by molar-refractivity contribution is 5.79. The van der Waals surface area contributed by atoms with Gasteiger partial charge in [-0.3, -0.25) is 9.89 Å². The number of aryl methyl sites for hydroxylation is 1.